The Morgan fingerprint density at radius 2 is 2.27 bits per heavy atom. The van der Waals surface area contributed by atoms with Crippen molar-refractivity contribution in [3.8, 4) is 6.07 Å². The maximum absolute atomic E-state index is 12.1. The standard InChI is InChI=1S/C18H16ClN5O2/c1-9-7-22-18(26)24(9)12-2-10-4-16(21-8-14(10)15(19)5-12)23-17(25)13-3-11(13)6-20/h2,4-5,8-9,11,13H,3,7H2,1H3,(H,22,26)(H,21,23,25)/t9?,11?,13-/m1/s1. The molecule has 1 saturated heterocycles. The Hall–Kier alpha value is -2.85. The molecule has 7 nitrogen and oxygen atoms in total. The number of carbonyl (C=O) groups is 2. The number of nitriles is 1. The summed E-state index contributed by atoms with van der Waals surface area (Å²) in [5, 5.41) is 16.4. The van der Waals surface area contributed by atoms with Gasteiger partial charge in [-0.2, -0.15) is 5.26 Å². The average molecular weight is 370 g/mol. The SMILES string of the molecule is CC1CNC(=O)N1c1cc(Cl)c2cnc(NC(=O)[C@@H]3CC3C#N)cc2c1. The number of nitrogens with one attached hydrogen (secondary N) is 2. The number of pyridine rings is 1. The largest absolute Gasteiger partial charge is 0.336 e. The van der Waals surface area contributed by atoms with Gasteiger partial charge in [-0.1, -0.05) is 11.6 Å². The molecule has 1 aliphatic heterocycles. The molecule has 1 aromatic carbocycles. The summed E-state index contributed by atoms with van der Waals surface area (Å²) in [5.74, 6) is -0.260. The fourth-order valence-electron chi connectivity index (χ4n) is 3.24. The van der Waals surface area contributed by atoms with E-state index >= 15 is 0 Å². The Morgan fingerprint density at radius 1 is 1.46 bits per heavy atom. The van der Waals surface area contributed by atoms with Crippen molar-refractivity contribution in [3.05, 3.63) is 29.4 Å². The number of hydrogen-bond donors (Lipinski definition) is 2. The summed E-state index contributed by atoms with van der Waals surface area (Å²) in [6.07, 6.45) is 2.19. The van der Waals surface area contributed by atoms with E-state index in [1.165, 1.54) is 0 Å². The fraction of sp³-hybridized carbons (Fsp3) is 0.333. The number of nitrogens with zero attached hydrogens (tertiary/aromatic N) is 3. The van der Waals surface area contributed by atoms with Gasteiger partial charge in [0.2, 0.25) is 5.91 Å². The van der Waals surface area contributed by atoms with Crippen molar-refractivity contribution in [2.45, 2.75) is 19.4 Å². The van der Waals surface area contributed by atoms with Crippen LogP contribution in [0.5, 0.6) is 0 Å². The minimum Gasteiger partial charge on any atom is -0.336 e. The highest BCUT2D eigenvalue weighted by Crippen LogP contribution is 2.38. The molecular formula is C18H16ClN5O2. The predicted molar refractivity (Wildman–Crippen MR) is 97.9 cm³/mol. The number of fused-ring (bicyclic) bond motifs is 1. The first kappa shape index (κ1) is 16.6. The van der Waals surface area contributed by atoms with E-state index in [0.717, 1.165) is 10.8 Å². The lowest BCUT2D eigenvalue weighted by Gasteiger charge is -2.21. The molecular weight excluding hydrogens is 354 g/mol. The van der Waals surface area contributed by atoms with Crippen LogP contribution >= 0.6 is 11.6 Å². The number of anilines is 2. The molecule has 1 aliphatic carbocycles. The topological polar surface area (TPSA) is 98.1 Å². The molecule has 0 spiro atoms. The van der Waals surface area contributed by atoms with E-state index in [2.05, 4.69) is 21.7 Å². The van der Waals surface area contributed by atoms with E-state index in [9.17, 15) is 9.59 Å². The van der Waals surface area contributed by atoms with Crippen LogP contribution in [0.15, 0.2) is 24.4 Å². The molecule has 2 heterocycles. The summed E-state index contributed by atoms with van der Waals surface area (Å²) in [6.45, 7) is 2.53. The van der Waals surface area contributed by atoms with Crippen LogP contribution in [0.25, 0.3) is 10.8 Å². The third kappa shape index (κ3) is 2.82. The maximum atomic E-state index is 12.1. The predicted octanol–water partition coefficient (Wildman–Crippen LogP) is 2.90. The van der Waals surface area contributed by atoms with Gasteiger partial charge in [-0.3, -0.25) is 9.69 Å². The minimum atomic E-state index is -0.262. The fourth-order valence-corrected chi connectivity index (χ4v) is 3.51. The molecule has 0 bridgehead atoms. The number of benzene rings is 1. The van der Waals surface area contributed by atoms with E-state index in [0.29, 0.717) is 29.5 Å². The number of carbonyl (C=O) groups excluding carboxylic acids is 2. The molecule has 0 radical (unpaired) electrons. The number of urea groups is 1. The van der Waals surface area contributed by atoms with Crippen molar-refractivity contribution in [2.75, 3.05) is 16.8 Å². The van der Waals surface area contributed by atoms with Crippen LogP contribution in [0, 0.1) is 23.2 Å². The van der Waals surface area contributed by atoms with Crippen LogP contribution in [0.1, 0.15) is 13.3 Å². The minimum absolute atomic E-state index is 0.0230. The Balaban J connectivity index is 1.65. The third-order valence-electron chi connectivity index (χ3n) is 4.80. The molecule has 2 fully saturated rings. The number of hydrogen-bond acceptors (Lipinski definition) is 4. The van der Waals surface area contributed by atoms with Crippen LogP contribution in [0.4, 0.5) is 16.3 Å². The molecule has 2 aliphatic rings. The summed E-state index contributed by atoms with van der Waals surface area (Å²) < 4.78 is 0. The monoisotopic (exact) mass is 369 g/mol. The molecule has 2 aromatic rings. The smallest absolute Gasteiger partial charge is 0.322 e. The van der Waals surface area contributed by atoms with Crippen molar-refractivity contribution in [1.82, 2.24) is 10.3 Å². The molecule has 132 valence electrons. The molecule has 1 saturated carbocycles. The van der Waals surface area contributed by atoms with Crippen LogP contribution in [-0.4, -0.2) is 29.5 Å². The lowest BCUT2D eigenvalue weighted by atomic mass is 10.1. The van der Waals surface area contributed by atoms with Gasteiger partial charge >= 0.3 is 6.03 Å². The van der Waals surface area contributed by atoms with Gasteiger partial charge < -0.3 is 10.6 Å². The number of halogens is 1. The van der Waals surface area contributed by atoms with E-state index in [1.807, 2.05) is 13.0 Å². The zero-order valence-electron chi connectivity index (χ0n) is 14.0. The molecule has 1 aromatic heterocycles. The van der Waals surface area contributed by atoms with Gasteiger partial charge in [0.1, 0.15) is 5.82 Å². The lowest BCUT2D eigenvalue weighted by molar-refractivity contribution is -0.117. The number of aromatic nitrogens is 1. The summed E-state index contributed by atoms with van der Waals surface area (Å²) >= 11 is 6.37. The van der Waals surface area contributed by atoms with Gasteiger partial charge in [0.25, 0.3) is 0 Å². The summed E-state index contributed by atoms with van der Waals surface area (Å²) in [5.41, 5.74) is 0.695. The molecule has 4 rings (SSSR count). The maximum Gasteiger partial charge on any atom is 0.322 e. The Bertz CT molecular complexity index is 970. The second-order valence-corrected chi connectivity index (χ2v) is 7.10. The summed E-state index contributed by atoms with van der Waals surface area (Å²) in [6, 6.07) is 7.29. The van der Waals surface area contributed by atoms with Crippen molar-refractivity contribution < 1.29 is 9.59 Å². The third-order valence-corrected chi connectivity index (χ3v) is 5.11. The zero-order chi connectivity index (χ0) is 18.4. The zero-order valence-corrected chi connectivity index (χ0v) is 14.7. The van der Waals surface area contributed by atoms with Gasteiger partial charge in [0.05, 0.1) is 29.0 Å². The van der Waals surface area contributed by atoms with Crippen LogP contribution in [0.2, 0.25) is 5.02 Å². The van der Waals surface area contributed by atoms with E-state index in [-0.39, 0.29) is 29.8 Å². The Morgan fingerprint density at radius 3 is 2.92 bits per heavy atom. The molecule has 2 N–H and O–H groups in total. The summed E-state index contributed by atoms with van der Waals surface area (Å²) in [7, 11) is 0. The van der Waals surface area contributed by atoms with E-state index in [1.54, 1.807) is 23.2 Å². The molecule has 8 heteroatoms. The first-order valence-electron chi connectivity index (χ1n) is 8.35. The van der Waals surface area contributed by atoms with Gasteiger partial charge in [0, 0.05) is 23.8 Å². The van der Waals surface area contributed by atoms with Gasteiger partial charge in [-0.15, -0.1) is 0 Å². The van der Waals surface area contributed by atoms with Crippen molar-refractivity contribution in [3.63, 3.8) is 0 Å². The highest BCUT2D eigenvalue weighted by molar-refractivity contribution is 6.36. The van der Waals surface area contributed by atoms with Crippen molar-refractivity contribution >= 4 is 45.8 Å². The van der Waals surface area contributed by atoms with E-state index < -0.39 is 0 Å². The molecule has 3 amide bonds. The Kier molecular flexibility index (Phi) is 3.93. The van der Waals surface area contributed by atoms with Crippen molar-refractivity contribution in [2.24, 2.45) is 11.8 Å². The normalized spacial score (nSPS) is 24.3. The molecule has 3 atom stereocenters. The van der Waals surface area contributed by atoms with E-state index in [4.69, 9.17) is 16.9 Å². The first-order valence-corrected chi connectivity index (χ1v) is 8.72. The number of rotatable bonds is 3. The first-order chi connectivity index (χ1) is 12.5. The lowest BCUT2D eigenvalue weighted by Crippen LogP contribution is -2.32. The van der Waals surface area contributed by atoms with Crippen LogP contribution in [-0.2, 0) is 4.79 Å². The second kappa shape index (κ2) is 6.15. The molecule has 2 unspecified atom stereocenters. The Labute approximate surface area is 154 Å². The highest BCUT2D eigenvalue weighted by atomic mass is 35.5. The van der Waals surface area contributed by atoms with Crippen LogP contribution < -0.4 is 15.5 Å². The average Bonchev–Trinajstić information content (AvgIpc) is 3.33. The quantitative estimate of drug-likeness (QED) is 0.869. The highest BCUT2D eigenvalue weighted by Gasteiger charge is 2.43. The summed E-state index contributed by atoms with van der Waals surface area (Å²) in [4.78, 5) is 30.1. The van der Waals surface area contributed by atoms with Gasteiger partial charge in [0.15, 0.2) is 0 Å². The van der Waals surface area contributed by atoms with Crippen LogP contribution in [0.3, 0.4) is 0 Å². The molecule has 26 heavy (non-hydrogen) atoms. The van der Waals surface area contributed by atoms with Gasteiger partial charge in [-0.25, -0.2) is 9.78 Å². The van der Waals surface area contributed by atoms with Crippen molar-refractivity contribution in [1.29, 1.82) is 5.26 Å². The second-order valence-electron chi connectivity index (χ2n) is 6.69. The number of amides is 3. The van der Waals surface area contributed by atoms with Gasteiger partial charge in [-0.05, 0) is 36.9 Å².